The van der Waals surface area contributed by atoms with Crippen molar-refractivity contribution in [2.45, 2.75) is 63.9 Å². The van der Waals surface area contributed by atoms with Crippen LogP contribution >= 0.6 is 11.8 Å². The second-order valence-corrected chi connectivity index (χ2v) is 5.95. The van der Waals surface area contributed by atoms with Crippen molar-refractivity contribution >= 4 is 11.8 Å². The largest absolute Gasteiger partial charge is 0.377 e. The van der Waals surface area contributed by atoms with Gasteiger partial charge in [0.1, 0.15) is 0 Å². The molecule has 1 saturated heterocycles. The topological polar surface area (TPSA) is 21.3 Å². The van der Waals surface area contributed by atoms with Gasteiger partial charge in [-0.1, -0.05) is 20.3 Å². The number of ether oxygens (including phenoxy) is 1. The third-order valence-electron chi connectivity index (χ3n) is 3.14. The molecule has 2 nitrogen and oxygen atoms in total. The van der Waals surface area contributed by atoms with Gasteiger partial charge in [0.25, 0.3) is 0 Å². The summed E-state index contributed by atoms with van der Waals surface area (Å²) in [5.74, 6) is 1.24. The van der Waals surface area contributed by atoms with Crippen LogP contribution in [0.2, 0.25) is 0 Å². The van der Waals surface area contributed by atoms with Crippen molar-refractivity contribution in [2.75, 3.05) is 18.9 Å². The van der Waals surface area contributed by atoms with Gasteiger partial charge in [0, 0.05) is 23.7 Å². The number of hydrogen-bond donors (Lipinski definition) is 1. The van der Waals surface area contributed by atoms with E-state index in [1.54, 1.807) is 0 Å². The highest BCUT2D eigenvalue weighted by Crippen LogP contribution is 2.27. The summed E-state index contributed by atoms with van der Waals surface area (Å²) >= 11 is 2.10. The molecule has 16 heavy (non-hydrogen) atoms. The number of rotatable bonds is 8. The molecule has 0 amide bonds. The van der Waals surface area contributed by atoms with Crippen LogP contribution in [0.1, 0.15) is 46.5 Å². The normalized spacial score (nSPS) is 27.2. The summed E-state index contributed by atoms with van der Waals surface area (Å²) in [5.41, 5.74) is 0. The molecule has 0 spiro atoms. The third kappa shape index (κ3) is 5.07. The van der Waals surface area contributed by atoms with Gasteiger partial charge in [-0.25, -0.2) is 0 Å². The Kier molecular flexibility index (Phi) is 7.50. The van der Waals surface area contributed by atoms with E-state index >= 15 is 0 Å². The molecule has 1 heterocycles. The lowest BCUT2D eigenvalue weighted by atomic mass is 10.2. The van der Waals surface area contributed by atoms with Crippen molar-refractivity contribution in [1.29, 1.82) is 0 Å². The van der Waals surface area contributed by atoms with Crippen molar-refractivity contribution in [1.82, 2.24) is 5.32 Å². The van der Waals surface area contributed by atoms with Gasteiger partial charge >= 0.3 is 0 Å². The first kappa shape index (κ1) is 14.3. The van der Waals surface area contributed by atoms with Crippen LogP contribution in [0.4, 0.5) is 0 Å². The summed E-state index contributed by atoms with van der Waals surface area (Å²) in [4.78, 5) is 0. The minimum Gasteiger partial charge on any atom is -0.377 e. The molecule has 0 bridgehead atoms. The SMILES string of the molecule is CCCNC(CCC)CSC1CCOC1C. The molecule has 1 aliphatic heterocycles. The fourth-order valence-corrected chi connectivity index (χ4v) is 3.49. The Hall–Kier alpha value is 0.270. The molecule has 3 heteroatoms. The van der Waals surface area contributed by atoms with Gasteiger partial charge in [0.05, 0.1) is 6.10 Å². The van der Waals surface area contributed by atoms with Crippen LogP contribution in [0.3, 0.4) is 0 Å². The molecule has 0 aromatic rings. The van der Waals surface area contributed by atoms with Gasteiger partial charge in [-0.3, -0.25) is 0 Å². The van der Waals surface area contributed by atoms with Gasteiger partial charge in [0.2, 0.25) is 0 Å². The maximum Gasteiger partial charge on any atom is 0.0666 e. The van der Waals surface area contributed by atoms with E-state index in [2.05, 4.69) is 37.8 Å². The average molecular weight is 245 g/mol. The summed E-state index contributed by atoms with van der Waals surface area (Å²) < 4.78 is 5.60. The van der Waals surface area contributed by atoms with Crippen LogP contribution in [0.15, 0.2) is 0 Å². The van der Waals surface area contributed by atoms with Crippen LogP contribution < -0.4 is 5.32 Å². The van der Waals surface area contributed by atoms with Crippen LogP contribution in [0.25, 0.3) is 0 Å². The lowest BCUT2D eigenvalue weighted by Crippen LogP contribution is -2.33. The van der Waals surface area contributed by atoms with Crippen molar-refractivity contribution in [2.24, 2.45) is 0 Å². The monoisotopic (exact) mass is 245 g/mol. The maximum absolute atomic E-state index is 5.60. The van der Waals surface area contributed by atoms with Crippen LogP contribution in [-0.4, -0.2) is 36.3 Å². The van der Waals surface area contributed by atoms with Crippen LogP contribution in [0.5, 0.6) is 0 Å². The fraction of sp³-hybridized carbons (Fsp3) is 1.00. The van der Waals surface area contributed by atoms with E-state index in [0.717, 1.165) is 18.4 Å². The molecule has 1 fully saturated rings. The summed E-state index contributed by atoms with van der Waals surface area (Å²) in [6, 6.07) is 0.697. The highest BCUT2D eigenvalue weighted by atomic mass is 32.2. The third-order valence-corrected chi connectivity index (χ3v) is 4.78. The summed E-state index contributed by atoms with van der Waals surface area (Å²) in [6.45, 7) is 8.82. The van der Waals surface area contributed by atoms with Gasteiger partial charge in [-0.15, -0.1) is 0 Å². The zero-order valence-electron chi connectivity index (χ0n) is 11.0. The smallest absolute Gasteiger partial charge is 0.0666 e. The first-order valence-electron chi connectivity index (χ1n) is 6.74. The molecule has 3 atom stereocenters. The predicted molar refractivity (Wildman–Crippen MR) is 73.3 cm³/mol. The molecule has 0 aromatic carbocycles. The molecule has 1 N–H and O–H groups in total. The molecular formula is C13H27NOS. The van der Waals surface area contributed by atoms with Crippen LogP contribution in [-0.2, 0) is 4.74 Å². The molecule has 0 aromatic heterocycles. The number of hydrogen-bond acceptors (Lipinski definition) is 3. The predicted octanol–water partition coefficient (Wildman–Crippen LogP) is 3.07. The van der Waals surface area contributed by atoms with Crippen molar-refractivity contribution in [3.8, 4) is 0 Å². The van der Waals surface area contributed by atoms with Gasteiger partial charge < -0.3 is 10.1 Å². The Morgan fingerprint density at radius 1 is 1.38 bits per heavy atom. The molecule has 1 aliphatic rings. The lowest BCUT2D eigenvalue weighted by molar-refractivity contribution is 0.127. The second kappa shape index (κ2) is 8.37. The highest BCUT2D eigenvalue weighted by Gasteiger charge is 2.25. The average Bonchev–Trinajstić information content (AvgIpc) is 2.68. The van der Waals surface area contributed by atoms with Crippen molar-refractivity contribution < 1.29 is 4.74 Å². The maximum atomic E-state index is 5.60. The Bertz CT molecular complexity index is 177. The summed E-state index contributed by atoms with van der Waals surface area (Å²) in [5, 5.41) is 4.37. The van der Waals surface area contributed by atoms with Gasteiger partial charge in [-0.2, -0.15) is 11.8 Å². The highest BCUT2D eigenvalue weighted by molar-refractivity contribution is 8.00. The Morgan fingerprint density at radius 2 is 2.19 bits per heavy atom. The first-order valence-corrected chi connectivity index (χ1v) is 7.79. The van der Waals surface area contributed by atoms with E-state index in [4.69, 9.17) is 4.74 Å². The van der Waals surface area contributed by atoms with Crippen LogP contribution in [0, 0.1) is 0 Å². The van der Waals surface area contributed by atoms with E-state index in [1.807, 2.05) is 0 Å². The van der Waals surface area contributed by atoms with E-state index in [9.17, 15) is 0 Å². The molecule has 0 aliphatic carbocycles. The molecular weight excluding hydrogens is 218 g/mol. The minimum absolute atomic E-state index is 0.457. The molecule has 0 radical (unpaired) electrons. The number of nitrogens with one attached hydrogen (secondary N) is 1. The van der Waals surface area contributed by atoms with E-state index in [1.165, 1.54) is 31.4 Å². The Morgan fingerprint density at radius 3 is 2.75 bits per heavy atom. The molecule has 0 saturated carbocycles. The standard InChI is InChI=1S/C13H27NOS/c1-4-6-12(14-8-5-2)10-16-13-7-9-15-11(13)3/h11-14H,4-10H2,1-3H3. The van der Waals surface area contributed by atoms with E-state index in [0.29, 0.717) is 12.1 Å². The Labute approximate surface area is 105 Å². The van der Waals surface area contributed by atoms with Crippen molar-refractivity contribution in [3.05, 3.63) is 0 Å². The molecule has 96 valence electrons. The number of thioether (sulfide) groups is 1. The first-order chi connectivity index (χ1) is 7.77. The summed E-state index contributed by atoms with van der Waals surface area (Å²) in [6.07, 6.45) is 5.50. The minimum atomic E-state index is 0.457. The summed E-state index contributed by atoms with van der Waals surface area (Å²) in [7, 11) is 0. The van der Waals surface area contributed by atoms with E-state index < -0.39 is 0 Å². The van der Waals surface area contributed by atoms with E-state index in [-0.39, 0.29) is 0 Å². The zero-order chi connectivity index (χ0) is 11.8. The van der Waals surface area contributed by atoms with Crippen molar-refractivity contribution in [3.63, 3.8) is 0 Å². The van der Waals surface area contributed by atoms with Gasteiger partial charge in [0.15, 0.2) is 0 Å². The van der Waals surface area contributed by atoms with Gasteiger partial charge in [-0.05, 0) is 32.7 Å². The fourth-order valence-electron chi connectivity index (χ4n) is 2.11. The second-order valence-electron chi connectivity index (χ2n) is 4.68. The lowest BCUT2D eigenvalue weighted by Gasteiger charge is -2.20. The molecule has 1 rings (SSSR count). The molecule has 3 unspecified atom stereocenters. The Balaban J connectivity index is 2.19. The zero-order valence-corrected chi connectivity index (χ0v) is 11.8. The quantitative estimate of drug-likeness (QED) is 0.710.